The molecule has 0 aromatic rings. The Kier molecular flexibility index (Phi) is 6.95. The number of alkyl halides is 2. The normalized spacial score (nSPS) is 9.88. The fraction of sp³-hybridized carbons (Fsp3) is 0.667. The first-order valence-electron chi connectivity index (χ1n) is 1.56. The van der Waals surface area contributed by atoms with Crippen molar-refractivity contribution in [3.8, 4) is 0 Å². The van der Waals surface area contributed by atoms with Crippen LogP contribution in [0.3, 0.4) is 0 Å². The summed E-state index contributed by atoms with van der Waals surface area (Å²) in [6.07, 6.45) is 0. The second-order valence-electron chi connectivity index (χ2n) is 1.19. The van der Waals surface area contributed by atoms with E-state index >= 15 is 0 Å². The number of carboxylic acids is 1. The number of carbonyl (C=O) groups is 1. The molecule has 1 N–H and O–H groups in total. The van der Waals surface area contributed by atoms with Gasteiger partial charge in [-0.2, -0.15) is 0 Å². The fourth-order valence-corrected chi connectivity index (χ4v) is 0. The van der Waals surface area contributed by atoms with Gasteiger partial charge in [0.25, 0.3) is 0 Å². The van der Waals surface area contributed by atoms with Crippen LogP contribution in [0.15, 0.2) is 0 Å². The predicted octanol–water partition coefficient (Wildman–Crippen LogP) is 0.616. The van der Waals surface area contributed by atoms with Gasteiger partial charge >= 0.3 is 57.4 Å². The molecule has 5 heteroatoms. The Labute approximate surface area is 100.0 Å². The molecule has 0 fully saturated rings. The third-order valence-corrected chi connectivity index (χ3v) is 0.699. The quantitative estimate of drug-likeness (QED) is 0.477. The number of aliphatic carboxylic acids is 1. The molecule has 0 amide bonds. The summed E-state index contributed by atoms with van der Waals surface area (Å²) in [4.78, 5) is 9.76. The van der Waals surface area contributed by atoms with Crippen molar-refractivity contribution < 1.29 is 9.90 Å². The number of rotatable bonds is 1. The standard InChI is InChI=1S/C3H4Cl2O2.K.H/c1-3(4,5)2(6)7;;/h1H3,(H,6,7);;. The maximum atomic E-state index is 9.76. The van der Waals surface area contributed by atoms with Crippen molar-refractivity contribution in [1.29, 1.82) is 0 Å². The summed E-state index contributed by atoms with van der Waals surface area (Å²) in [7, 11) is 0. The predicted molar refractivity (Wildman–Crippen MR) is 34.9 cm³/mol. The van der Waals surface area contributed by atoms with Crippen LogP contribution in [-0.2, 0) is 4.79 Å². The van der Waals surface area contributed by atoms with Gasteiger partial charge in [-0.25, -0.2) is 4.79 Å². The van der Waals surface area contributed by atoms with E-state index in [0.717, 1.165) is 0 Å². The van der Waals surface area contributed by atoms with E-state index in [1.807, 2.05) is 0 Å². The topological polar surface area (TPSA) is 37.3 Å². The van der Waals surface area contributed by atoms with Crippen molar-refractivity contribution in [3.05, 3.63) is 0 Å². The van der Waals surface area contributed by atoms with Crippen LogP contribution in [0.25, 0.3) is 0 Å². The summed E-state index contributed by atoms with van der Waals surface area (Å²) in [5, 5.41) is 7.99. The van der Waals surface area contributed by atoms with Crippen LogP contribution in [0.5, 0.6) is 0 Å². The molecule has 0 atom stereocenters. The van der Waals surface area contributed by atoms with E-state index in [9.17, 15) is 4.79 Å². The molecule has 0 aromatic carbocycles. The van der Waals surface area contributed by atoms with Gasteiger partial charge in [-0.05, 0) is 6.92 Å². The Morgan fingerprint density at radius 1 is 1.62 bits per heavy atom. The molecule has 44 valence electrons. The van der Waals surface area contributed by atoms with Gasteiger partial charge in [0, 0.05) is 0 Å². The van der Waals surface area contributed by atoms with E-state index in [-0.39, 0.29) is 51.4 Å². The Hall–Kier alpha value is 1.69. The van der Waals surface area contributed by atoms with Crippen molar-refractivity contribution >= 4 is 80.6 Å². The monoisotopic (exact) mass is 182 g/mol. The van der Waals surface area contributed by atoms with Gasteiger partial charge in [0.1, 0.15) is 0 Å². The minimum atomic E-state index is -1.64. The third kappa shape index (κ3) is 5.82. The molecule has 0 aliphatic carbocycles. The van der Waals surface area contributed by atoms with Crippen LogP contribution >= 0.6 is 23.2 Å². The fourth-order valence-electron chi connectivity index (χ4n) is 0. The molecule has 0 saturated carbocycles. The SMILES string of the molecule is CC(Cl)(Cl)C(=O)O.[KH]. The average molecular weight is 183 g/mol. The van der Waals surface area contributed by atoms with Crippen LogP contribution in [0.1, 0.15) is 6.92 Å². The Morgan fingerprint density at radius 3 is 1.75 bits per heavy atom. The molecular weight excluding hydrogens is 178 g/mol. The molecule has 0 saturated heterocycles. The van der Waals surface area contributed by atoms with Gasteiger partial charge in [-0.1, -0.05) is 23.2 Å². The number of hydrogen-bond donors (Lipinski definition) is 1. The molecule has 0 unspecified atom stereocenters. The first kappa shape index (κ1) is 12.4. The van der Waals surface area contributed by atoms with E-state index in [2.05, 4.69) is 0 Å². The Morgan fingerprint density at radius 2 is 1.75 bits per heavy atom. The molecule has 0 rings (SSSR count). The average Bonchev–Trinajstić information content (AvgIpc) is 1.31. The van der Waals surface area contributed by atoms with Crippen LogP contribution in [0.2, 0.25) is 0 Å². The van der Waals surface area contributed by atoms with Crippen molar-refractivity contribution in [1.82, 2.24) is 0 Å². The summed E-state index contributed by atoms with van der Waals surface area (Å²) >= 11 is 10.1. The molecule has 8 heavy (non-hydrogen) atoms. The van der Waals surface area contributed by atoms with Gasteiger partial charge in [0.2, 0.25) is 4.33 Å². The molecule has 0 bridgehead atoms. The van der Waals surface area contributed by atoms with Crippen LogP contribution in [-0.4, -0.2) is 66.8 Å². The Bertz CT molecular complexity index is 87.8. The summed E-state index contributed by atoms with van der Waals surface area (Å²) in [5.74, 6) is -1.23. The molecule has 0 aromatic heterocycles. The van der Waals surface area contributed by atoms with Gasteiger partial charge in [-0.3, -0.25) is 0 Å². The van der Waals surface area contributed by atoms with Crippen molar-refractivity contribution in [2.24, 2.45) is 0 Å². The van der Waals surface area contributed by atoms with Gasteiger partial charge in [0.15, 0.2) is 0 Å². The van der Waals surface area contributed by atoms with Crippen molar-refractivity contribution in [2.75, 3.05) is 0 Å². The van der Waals surface area contributed by atoms with E-state index in [1.54, 1.807) is 0 Å². The summed E-state index contributed by atoms with van der Waals surface area (Å²) in [6.45, 7) is 1.19. The molecule has 0 heterocycles. The summed E-state index contributed by atoms with van der Waals surface area (Å²) < 4.78 is -1.64. The van der Waals surface area contributed by atoms with Crippen LogP contribution in [0.4, 0.5) is 0 Å². The van der Waals surface area contributed by atoms with E-state index < -0.39 is 10.3 Å². The van der Waals surface area contributed by atoms with Gasteiger partial charge in [-0.15, -0.1) is 0 Å². The van der Waals surface area contributed by atoms with Crippen molar-refractivity contribution in [2.45, 2.75) is 11.3 Å². The Balaban J connectivity index is 0. The molecule has 2 nitrogen and oxygen atoms in total. The first-order chi connectivity index (χ1) is 2.94. The van der Waals surface area contributed by atoms with Gasteiger partial charge in [0.05, 0.1) is 0 Å². The van der Waals surface area contributed by atoms with E-state index in [0.29, 0.717) is 0 Å². The zero-order chi connectivity index (χ0) is 6.08. The number of halogens is 2. The van der Waals surface area contributed by atoms with Crippen molar-refractivity contribution in [3.63, 3.8) is 0 Å². The first-order valence-corrected chi connectivity index (χ1v) is 2.31. The summed E-state index contributed by atoms with van der Waals surface area (Å²) in [6, 6.07) is 0. The molecule has 0 aliphatic heterocycles. The number of hydrogen-bond acceptors (Lipinski definition) is 1. The zero-order valence-electron chi connectivity index (χ0n) is 3.61. The number of carboxylic acid groups (broad SMARTS) is 1. The van der Waals surface area contributed by atoms with Gasteiger partial charge < -0.3 is 5.11 Å². The second kappa shape index (κ2) is 4.49. The van der Waals surface area contributed by atoms with Crippen LogP contribution < -0.4 is 0 Å². The van der Waals surface area contributed by atoms with E-state index in [1.165, 1.54) is 6.92 Å². The molecule has 0 spiro atoms. The maximum absolute atomic E-state index is 9.76. The second-order valence-corrected chi connectivity index (χ2v) is 2.90. The third-order valence-electron chi connectivity index (χ3n) is 0.376. The summed E-state index contributed by atoms with van der Waals surface area (Å²) in [5.41, 5.74) is 0. The van der Waals surface area contributed by atoms with E-state index in [4.69, 9.17) is 28.3 Å². The molecule has 0 aliphatic rings. The zero-order valence-corrected chi connectivity index (χ0v) is 5.12. The molecule has 0 radical (unpaired) electrons. The van der Waals surface area contributed by atoms with Crippen LogP contribution in [0, 0.1) is 0 Å². The minimum absolute atomic E-state index is 0. The molecular formula is C3H5Cl2KO2.